The van der Waals surface area contributed by atoms with Crippen molar-refractivity contribution in [2.75, 3.05) is 6.54 Å². The Balaban J connectivity index is 1.77. The first kappa shape index (κ1) is 14.1. The lowest BCUT2D eigenvalue weighted by molar-refractivity contribution is 0.459. The highest BCUT2D eigenvalue weighted by Crippen LogP contribution is 2.29. The van der Waals surface area contributed by atoms with Crippen LogP contribution >= 0.6 is 0 Å². The van der Waals surface area contributed by atoms with Crippen LogP contribution in [-0.2, 0) is 12.8 Å². The molecule has 1 heterocycles. The van der Waals surface area contributed by atoms with E-state index < -0.39 is 0 Å². The second-order valence-electron chi connectivity index (χ2n) is 5.59. The molecule has 1 unspecified atom stereocenters. The molecule has 1 aromatic carbocycles. The second-order valence-corrected chi connectivity index (χ2v) is 5.59. The van der Waals surface area contributed by atoms with Gasteiger partial charge >= 0.3 is 0 Å². The number of rotatable bonds is 5. The van der Waals surface area contributed by atoms with Gasteiger partial charge in [-0.25, -0.2) is 4.98 Å². The zero-order valence-corrected chi connectivity index (χ0v) is 12.7. The Labute approximate surface area is 126 Å². The average Bonchev–Trinajstić information content (AvgIpc) is 2.95. The summed E-state index contributed by atoms with van der Waals surface area (Å²) in [5, 5.41) is 3.40. The molecule has 1 aliphatic rings. The van der Waals surface area contributed by atoms with Gasteiger partial charge in [-0.05, 0) is 67.6 Å². The zero-order valence-electron chi connectivity index (χ0n) is 12.7. The molecule has 1 atom stereocenters. The van der Waals surface area contributed by atoms with Crippen LogP contribution in [0.2, 0.25) is 0 Å². The molecule has 0 fully saturated rings. The highest BCUT2D eigenvalue weighted by molar-refractivity contribution is 5.40. The van der Waals surface area contributed by atoms with Gasteiger partial charge in [-0.1, -0.05) is 13.0 Å². The summed E-state index contributed by atoms with van der Waals surface area (Å²) >= 11 is 0. The fourth-order valence-corrected chi connectivity index (χ4v) is 2.91. The molecule has 1 aromatic heterocycles. The van der Waals surface area contributed by atoms with Crippen LogP contribution in [0.3, 0.4) is 0 Å². The molecule has 1 aliphatic carbocycles. The van der Waals surface area contributed by atoms with Gasteiger partial charge in [0.1, 0.15) is 5.75 Å². The molecular weight excluding hydrogens is 260 g/mol. The van der Waals surface area contributed by atoms with E-state index in [1.54, 1.807) is 0 Å². The number of benzene rings is 1. The van der Waals surface area contributed by atoms with E-state index >= 15 is 0 Å². The molecule has 21 heavy (non-hydrogen) atoms. The minimum atomic E-state index is 0.306. The van der Waals surface area contributed by atoms with E-state index in [0.29, 0.717) is 11.9 Å². The summed E-state index contributed by atoms with van der Waals surface area (Å²) in [7, 11) is 0. The summed E-state index contributed by atoms with van der Waals surface area (Å²) in [6.45, 7) is 5.21. The molecule has 3 rings (SSSR count). The van der Waals surface area contributed by atoms with E-state index in [-0.39, 0.29) is 0 Å². The van der Waals surface area contributed by atoms with Gasteiger partial charge in [-0.2, -0.15) is 0 Å². The van der Waals surface area contributed by atoms with Crippen molar-refractivity contribution in [1.29, 1.82) is 0 Å². The van der Waals surface area contributed by atoms with Crippen molar-refractivity contribution in [2.24, 2.45) is 0 Å². The van der Waals surface area contributed by atoms with Crippen molar-refractivity contribution < 1.29 is 4.74 Å². The number of hydrogen-bond acceptors (Lipinski definition) is 3. The number of nitrogens with one attached hydrogen (secondary N) is 1. The molecule has 0 amide bonds. The molecular formula is C18H22N2O. The van der Waals surface area contributed by atoms with Crippen molar-refractivity contribution in [3.8, 4) is 11.6 Å². The van der Waals surface area contributed by atoms with Crippen LogP contribution in [0.15, 0.2) is 36.5 Å². The number of pyridine rings is 1. The van der Waals surface area contributed by atoms with Gasteiger partial charge < -0.3 is 10.1 Å². The smallest absolute Gasteiger partial charge is 0.219 e. The lowest BCUT2D eigenvalue weighted by Gasteiger charge is -2.13. The normalized spacial score (nSPS) is 14.8. The predicted octanol–water partition coefficient (Wildman–Crippen LogP) is 4.03. The Morgan fingerprint density at radius 1 is 1.19 bits per heavy atom. The summed E-state index contributed by atoms with van der Waals surface area (Å²) in [6.07, 6.45) is 5.43. The van der Waals surface area contributed by atoms with Crippen LogP contribution in [0.1, 0.15) is 43.0 Å². The monoisotopic (exact) mass is 282 g/mol. The third-order valence-corrected chi connectivity index (χ3v) is 4.06. The van der Waals surface area contributed by atoms with Crippen LogP contribution < -0.4 is 10.1 Å². The van der Waals surface area contributed by atoms with Gasteiger partial charge in [0.2, 0.25) is 5.88 Å². The van der Waals surface area contributed by atoms with Gasteiger partial charge in [0, 0.05) is 18.3 Å². The van der Waals surface area contributed by atoms with Crippen molar-refractivity contribution in [1.82, 2.24) is 10.3 Å². The largest absolute Gasteiger partial charge is 0.439 e. The van der Waals surface area contributed by atoms with Gasteiger partial charge in [-0.3, -0.25) is 0 Å². The van der Waals surface area contributed by atoms with Gasteiger partial charge in [0.05, 0.1) is 0 Å². The summed E-state index contributed by atoms with van der Waals surface area (Å²) < 4.78 is 5.93. The quantitative estimate of drug-likeness (QED) is 0.899. The maximum atomic E-state index is 5.93. The highest BCUT2D eigenvalue weighted by Gasteiger charge is 2.12. The van der Waals surface area contributed by atoms with Crippen molar-refractivity contribution in [3.05, 3.63) is 53.2 Å². The van der Waals surface area contributed by atoms with E-state index in [0.717, 1.165) is 18.7 Å². The summed E-state index contributed by atoms with van der Waals surface area (Å²) in [5.74, 6) is 1.55. The standard InChI is InChI=1S/C18H22N2O/c1-3-19-13(2)15-9-10-20-18(12-15)21-17-8-7-14-5-4-6-16(14)11-17/h7-13,19H,3-6H2,1-2H3. The van der Waals surface area contributed by atoms with Crippen LogP contribution in [0.25, 0.3) is 0 Å². The Morgan fingerprint density at radius 2 is 2.05 bits per heavy atom. The number of nitrogens with zero attached hydrogens (tertiary/aromatic N) is 1. The number of hydrogen-bond donors (Lipinski definition) is 1. The topological polar surface area (TPSA) is 34.2 Å². The Kier molecular flexibility index (Phi) is 4.20. The van der Waals surface area contributed by atoms with E-state index in [2.05, 4.69) is 36.3 Å². The molecule has 0 bridgehead atoms. The van der Waals surface area contributed by atoms with Crippen LogP contribution in [0.4, 0.5) is 0 Å². The van der Waals surface area contributed by atoms with Crippen LogP contribution in [0, 0.1) is 0 Å². The number of aryl methyl sites for hydroxylation is 2. The minimum Gasteiger partial charge on any atom is -0.439 e. The molecule has 3 heteroatoms. The minimum absolute atomic E-state index is 0.306. The highest BCUT2D eigenvalue weighted by atomic mass is 16.5. The van der Waals surface area contributed by atoms with E-state index in [4.69, 9.17) is 4.74 Å². The Morgan fingerprint density at radius 3 is 2.90 bits per heavy atom. The summed E-state index contributed by atoms with van der Waals surface area (Å²) in [6, 6.07) is 10.7. The van der Waals surface area contributed by atoms with Gasteiger partial charge in [0.25, 0.3) is 0 Å². The predicted molar refractivity (Wildman–Crippen MR) is 84.9 cm³/mol. The molecule has 0 radical (unpaired) electrons. The SMILES string of the molecule is CCNC(C)c1ccnc(Oc2ccc3c(c2)CCC3)c1. The lowest BCUT2D eigenvalue weighted by Crippen LogP contribution is -2.17. The number of fused-ring (bicyclic) bond motifs is 1. The first-order chi connectivity index (χ1) is 10.3. The van der Waals surface area contributed by atoms with E-state index in [1.165, 1.54) is 29.5 Å². The summed E-state index contributed by atoms with van der Waals surface area (Å²) in [5.41, 5.74) is 4.08. The lowest BCUT2D eigenvalue weighted by atomic mass is 10.1. The van der Waals surface area contributed by atoms with Crippen molar-refractivity contribution in [2.45, 2.75) is 39.2 Å². The number of aromatic nitrogens is 1. The zero-order chi connectivity index (χ0) is 14.7. The first-order valence-corrected chi connectivity index (χ1v) is 7.75. The third-order valence-electron chi connectivity index (χ3n) is 4.06. The molecule has 110 valence electrons. The maximum Gasteiger partial charge on any atom is 0.219 e. The van der Waals surface area contributed by atoms with E-state index in [9.17, 15) is 0 Å². The molecule has 0 spiro atoms. The Bertz CT molecular complexity index is 624. The molecule has 0 aliphatic heterocycles. The Hall–Kier alpha value is -1.87. The fourth-order valence-electron chi connectivity index (χ4n) is 2.91. The summed E-state index contributed by atoms with van der Waals surface area (Å²) in [4.78, 5) is 4.32. The van der Waals surface area contributed by atoms with Crippen molar-refractivity contribution >= 4 is 0 Å². The fraction of sp³-hybridized carbons (Fsp3) is 0.389. The molecule has 1 N–H and O–H groups in total. The van der Waals surface area contributed by atoms with Crippen LogP contribution in [0.5, 0.6) is 11.6 Å². The molecule has 0 saturated heterocycles. The van der Waals surface area contributed by atoms with Gasteiger partial charge in [0.15, 0.2) is 0 Å². The average molecular weight is 282 g/mol. The van der Waals surface area contributed by atoms with Gasteiger partial charge in [-0.15, -0.1) is 0 Å². The molecule has 0 saturated carbocycles. The second kappa shape index (κ2) is 6.27. The molecule has 3 nitrogen and oxygen atoms in total. The van der Waals surface area contributed by atoms with Crippen molar-refractivity contribution in [3.63, 3.8) is 0 Å². The molecule has 2 aromatic rings. The maximum absolute atomic E-state index is 5.93. The number of ether oxygens (including phenoxy) is 1. The van der Waals surface area contributed by atoms with Crippen LogP contribution in [-0.4, -0.2) is 11.5 Å². The first-order valence-electron chi connectivity index (χ1n) is 7.75. The van der Waals surface area contributed by atoms with E-state index in [1.807, 2.05) is 24.4 Å². The third kappa shape index (κ3) is 3.24.